The molecule has 1 atom stereocenters. The average molecular weight is 458 g/mol. The van der Waals surface area contributed by atoms with Gasteiger partial charge in [-0.2, -0.15) is 0 Å². The third-order valence-corrected chi connectivity index (χ3v) is 5.95. The standard InChI is InChI=1S/C20H20BrN5OS/c1-2-3-6-11-28-20-24-19(27)17-14-12-13(21)8-9-15(14)23-18(26(17)25-20)16-7-4-5-10-22-16/h4-5,7-10,12,18H,2-3,6,11H2,1H3,(H,24,25,27)/t18-/m0/s1. The zero-order valence-corrected chi connectivity index (χ0v) is 17.8. The normalized spacial score (nSPS) is 18.0. The fourth-order valence-electron chi connectivity index (χ4n) is 3.16. The van der Waals surface area contributed by atoms with Crippen LogP contribution in [0.4, 0.5) is 0 Å². The number of nitrogens with zero attached hydrogens (tertiary/aromatic N) is 4. The first-order valence-corrected chi connectivity index (χ1v) is 11.1. The number of aromatic nitrogens is 1. The number of amides is 1. The molecule has 1 aromatic carbocycles. The second-order valence-electron chi connectivity index (χ2n) is 6.53. The molecule has 144 valence electrons. The molecule has 0 spiro atoms. The van der Waals surface area contributed by atoms with Gasteiger partial charge in [0.2, 0.25) is 0 Å². The molecule has 2 aliphatic heterocycles. The van der Waals surface area contributed by atoms with Crippen LogP contribution in [0.3, 0.4) is 0 Å². The number of carbonyl (C=O) groups excluding carboxylic acids is 1. The molecule has 0 unspecified atom stereocenters. The lowest BCUT2D eigenvalue weighted by Crippen LogP contribution is -2.50. The van der Waals surface area contributed by atoms with Gasteiger partial charge in [0, 0.05) is 21.6 Å². The molecule has 0 fully saturated rings. The maximum absolute atomic E-state index is 13.0. The van der Waals surface area contributed by atoms with Gasteiger partial charge in [0.1, 0.15) is 5.70 Å². The van der Waals surface area contributed by atoms with Crippen molar-refractivity contribution >= 4 is 44.5 Å². The van der Waals surface area contributed by atoms with Crippen LogP contribution in [-0.2, 0) is 4.79 Å². The summed E-state index contributed by atoms with van der Waals surface area (Å²) in [6.07, 6.45) is 4.69. The van der Waals surface area contributed by atoms with E-state index in [9.17, 15) is 4.79 Å². The van der Waals surface area contributed by atoms with Gasteiger partial charge < -0.3 is 0 Å². The van der Waals surface area contributed by atoms with Crippen molar-refractivity contribution in [3.63, 3.8) is 0 Å². The van der Waals surface area contributed by atoms with Crippen LogP contribution in [0.25, 0.3) is 5.70 Å². The van der Waals surface area contributed by atoms with Crippen molar-refractivity contribution < 1.29 is 4.79 Å². The predicted octanol–water partition coefficient (Wildman–Crippen LogP) is 2.91. The summed E-state index contributed by atoms with van der Waals surface area (Å²) < 4.78 is 0.890. The Morgan fingerprint density at radius 2 is 2.14 bits per heavy atom. The van der Waals surface area contributed by atoms with Crippen molar-refractivity contribution in [2.45, 2.75) is 32.4 Å². The zero-order valence-electron chi connectivity index (χ0n) is 15.4. The van der Waals surface area contributed by atoms with Crippen LogP contribution in [0, 0.1) is 0 Å². The highest BCUT2D eigenvalue weighted by molar-refractivity contribution is 9.10. The van der Waals surface area contributed by atoms with Crippen molar-refractivity contribution in [1.29, 1.82) is 0 Å². The number of hydrogen-bond donors (Lipinski definition) is 1. The molecule has 0 aliphatic carbocycles. The minimum atomic E-state index is -0.470. The third-order valence-electron chi connectivity index (χ3n) is 4.51. The third kappa shape index (κ3) is 3.84. The van der Waals surface area contributed by atoms with E-state index < -0.39 is 6.17 Å². The molecule has 2 aliphatic rings. The van der Waals surface area contributed by atoms with Gasteiger partial charge in [0.25, 0.3) is 5.91 Å². The SMILES string of the molecule is CCCCCSC1=NN2C(=c3cc(Br)ccc3=N[C@@H]2c2ccccn2)C(=O)N1. The number of thioether (sulfide) groups is 1. The fraction of sp³-hybridized carbons (Fsp3) is 0.300. The second-order valence-corrected chi connectivity index (χ2v) is 8.53. The summed E-state index contributed by atoms with van der Waals surface area (Å²) in [5.74, 6) is 0.757. The van der Waals surface area contributed by atoms with Gasteiger partial charge in [0.05, 0.1) is 11.1 Å². The Bertz CT molecular complexity index is 1040. The van der Waals surface area contributed by atoms with Crippen LogP contribution in [0.1, 0.15) is 38.0 Å². The van der Waals surface area contributed by atoms with Crippen LogP contribution in [0.2, 0.25) is 0 Å². The van der Waals surface area contributed by atoms with Gasteiger partial charge >= 0.3 is 0 Å². The number of amidine groups is 1. The number of nitrogens with one attached hydrogen (secondary N) is 1. The number of benzene rings is 1. The molecule has 0 radical (unpaired) electrons. The molecule has 0 saturated heterocycles. The molecule has 1 N–H and O–H groups in total. The molecule has 0 bridgehead atoms. The molecular formula is C20H20BrN5OS. The van der Waals surface area contributed by atoms with Crippen LogP contribution >= 0.6 is 27.7 Å². The lowest BCUT2D eigenvalue weighted by atomic mass is 10.1. The number of fused-ring (bicyclic) bond motifs is 2. The van der Waals surface area contributed by atoms with Gasteiger partial charge in [-0.3, -0.25) is 20.1 Å². The number of rotatable bonds is 5. The highest BCUT2D eigenvalue weighted by atomic mass is 79.9. The van der Waals surface area contributed by atoms with E-state index in [-0.39, 0.29) is 5.91 Å². The molecule has 1 amide bonds. The summed E-state index contributed by atoms with van der Waals surface area (Å²) in [5, 5.41) is 11.5. The second kappa shape index (κ2) is 8.45. The minimum Gasteiger partial charge on any atom is -0.298 e. The molecule has 3 heterocycles. The van der Waals surface area contributed by atoms with Crippen molar-refractivity contribution in [2.24, 2.45) is 10.1 Å². The molecular weight excluding hydrogens is 438 g/mol. The van der Waals surface area contributed by atoms with Crippen molar-refractivity contribution in [3.8, 4) is 0 Å². The van der Waals surface area contributed by atoms with Gasteiger partial charge in [0.15, 0.2) is 11.3 Å². The number of pyridine rings is 1. The summed E-state index contributed by atoms with van der Waals surface area (Å²) in [5.41, 5.74) is 1.25. The molecule has 6 nitrogen and oxygen atoms in total. The molecule has 1 aromatic heterocycles. The molecule has 28 heavy (non-hydrogen) atoms. The van der Waals surface area contributed by atoms with E-state index in [4.69, 9.17) is 10.1 Å². The molecule has 4 rings (SSSR count). The summed E-state index contributed by atoms with van der Waals surface area (Å²) >= 11 is 5.06. The summed E-state index contributed by atoms with van der Waals surface area (Å²) in [6.45, 7) is 2.17. The van der Waals surface area contributed by atoms with Crippen molar-refractivity contribution in [3.05, 3.63) is 63.3 Å². The number of unbranched alkanes of at least 4 members (excludes halogenated alkanes) is 2. The largest absolute Gasteiger partial charge is 0.298 e. The molecule has 2 aromatic rings. The number of hydrogen-bond acceptors (Lipinski definition) is 6. The van der Waals surface area contributed by atoms with E-state index in [0.29, 0.717) is 10.9 Å². The van der Waals surface area contributed by atoms with Gasteiger partial charge in [-0.25, -0.2) is 5.01 Å². The van der Waals surface area contributed by atoms with Gasteiger partial charge in [-0.1, -0.05) is 53.5 Å². The number of hydrazone groups is 1. The average Bonchev–Trinajstić information content (AvgIpc) is 2.71. The first-order chi connectivity index (χ1) is 13.7. The zero-order chi connectivity index (χ0) is 19.5. The van der Waals surface area contributed by atoms with Crippen LogP contribution in [0.5, 0.6) is 0 Å². The van der Waals surface area contributed by atoms with E-state index in [1.807, 2.05) is 36.4 Å². The highest BCUT2D eigenvalue weighted by Gasteiger charge is 2.34. The number of carbonyl (C=O) groups is 1. The lowest BCUT2D eigenvalue weighted by molar-refractivity contribution is -0.116. The van der Waals surface area contributed by atoms with Crippen molar-refractivity contribution in [2.75, 3.05) is 5.75 Å². The van der Waals surface area contributed by atoms with E-state index in [1.165, 1.54) is 6.42 Å². The first-order valence-electron chi connectivity index (χ1n) is 9.28. The van der Waals surface area contributed by atoms with E-state index in [1.54, 1.807) is 23.0 Å². The van der Waals surface area contributed by atoms with E-state index >= 15 is 0 Å². The predicted molar refractivity (Wildman–Crippen MR) is 115 cm³/mol. The van der Waals surface area contributed by atoms with E-state index in [2.05, 4.69) is 33.2 Å². The van der Waals surface area contributed by atoms with Gasteiger partial charge in [-0.15, -0.1) is 5.10 Å². The number of halogens is 1. The summed E-state index contributed by atoms with van der Waals surface area (Å²) in [6, 6.07) is 11.4. The Hall–Kier alpha value is -2.19. The maximum Gasteiger partial charge on any atom is 0.276 e. The Balaban J connectivity index is 1.79. The Kier molecular flexibility index (Phi) is 5.77. The monoisotopic (exact) mass is 457 g/mol. The summed E-state index contributed by atoms with van der Waals surface area (Å²) in [4.78, 5) is 22.3. The Morgan fingerprint density at radius 1 is 1.25 bits per heavy atom. The Morgan fingerprint density at radius 3 is 2.93 bits per heavy atom. The van der Waals surface area contributed by atoms with Crippen molar-refractivity contribution in [1.82, 2.24) is 15.3 Å². The summed E-state index contributed by atoms with van der Waals surface area (Å²) in [7, 11) is 0. The maximum atomic E-state index is 13.0. The minimum absolute atomic E-state index is 0.164. The van der Waals surface area contributed by atoms with E-state index in [0.717, 1.165) is 39.3 Å². The lowest BCUT2D eigenvalue weighted by Gasteiger charge is -2.33. The first kappa shape index (κ1) is 19.1. The van der Waals surface area contributed by atoms with Crippen LogP contribution < -0.4 is 15.9 Å². The van der Waals surface area contributed by atoms with Crippen LogP contribution in [0.15, 0.2) is 57.2 Å². The quantitative estimate of drug-likeness (QED) is 0.700. The fourth-order valence-corrected chi connectivity index (χ4v) is 4.37. The van der Waals surface area contributed by atoms with Crippen LogP contribution in [-0.4, -0.2) is 26.8 Å². The molecule has 8 heteroatoms. The smallest absolute Gasteiger partial charge is 0.276 e. The highest BCUT2D eigenvalue weighted by Crippen LogP contribution is 2.29. The Labute approximate surface area is 176 Å². The topological polar surface area (TPSA) is 70.0 Å². The molecule has 0 saturated carbocycles. The van der Waals surface area contributed by atoms with Gasteiger partial charge in [-0.05, 0) is 36.8 Å².